The minimum absolute atomic E-state index is 0.00666. The third-order valence-corrected chi connectivity index (χ3v) is 8.38. The zero-order valence-electron chi connectivity index (χ0n) is 23.1. The number of amides is 2. The molecule has 0 spiro atoms. The fourth-order valence-corrected chi connectivity index (χ4v) is 6.52. The maximum atomic E-state index is 14.3. The number of nitrogens with zero attached hydrogens (tertiary/aromatic N) is 2. The second-order valence-corrected chi connectivity index (χ2v) is 11.3. The topological polar surface area (TPSA) is 83.8 Å². The van der Waals surface area contributed by atoms with E-state index in [0.29, 0.717) is 34.7 Å². The van der Waals surface area contributed by atoms with Crippen molar-refractivity contribution in [2.45, 2.75) is 70.7 Å². The van der Waals surface area contributed by atoms with Crippen molar-refractivity contribution >= 4 is 23.4 Å². The van der Waals surface area contributed by atoms with Gasteiger partial charge in [-0.1, -0.05) is 17.7 Å². The van der Waals surface area contributed by atoms with E-state index in [1.165, 1.54) is 0 Å². The quantitative estimate of drug-likeness (QED) is 0.400. The number of halogens is 1. The Balaban J connectivity index is 1.74. The molecule has 1 aliphatic heterocycles. The number of hydrogen-bond acceptors (Lipinski definition) is 4. The van der Waals surface area contributed by atoms with Crippen molar-refractivity contribution in [2.75, 3.05) is 14.2 Å². The molecule has 2 aromatic carbocycles. The molecule has 0 saturated heterocycles. The van der Waals surface area contributed by atoms with Crippen LogP contribution in [-0.4, -0.2) is 52.7 Å². The Labute approximate surface area is 234 Å². The van der Waals surface area contributed by atoms with E-state index in [4.69, 9.17) is 16.3 Å². The van der Waals surface area contributed by atoms with E-state index in [0.717, 1.165) is 40.9 Å². The normalized spacial score (nSPS) is 20.9. The fraction of sp³-hybridized carbons (Fsp3) is 0.419. The minimum atomic E-state index is -0.312. The predicted molar refractivity (Wildman–Crippen MR) is 153 cm³/mol. The Morgan fingerprint density at radius 1 is 1.08 bits per heavy atom. The summed E-state index contributed by atoms with van der Waals surface area (Å²) in [6.45, 7) is 6.25. The molecule has 1 atom stereocenters. The summed E-state index contributed by atoms with van der Waals surface area (Å²) >= 11 is 6.35. The van der Waals surface area contributed by atoms with Gasteiger partial charge in [0.25, 0.3) is 11.8 Å². The van der Waals surface area contributed by atoms with Crippen LogP contribution in [0.3, 0.4) is 0 Å². The van der Waals surface area contributed by atoms with Crippen molar-refractivity contribution in [1.29, 1.82) is 0 Å². The monoisotopic (exact) mass is 549 g/mol. The molecule has 0 bridgehead atoms. The molecule has 0 radical (unpaired) electrons. The van der Waals surface area contributed by atoms with Gasteiger partial charge in [0.05, 0.1) is 36.2 Å². The van der Waals surface area contributed by atoms with E-state index in [1.807, 2.05) is 42.2 Å². The molecular weight excluding hydrogens is 514 g/mol. The molecule has 206 valence electrons. The van der Waals surface area contributed by atoms with Crippen LogP contribution in [0.15, 0.2) is 42.5 Å². The average molecular weight is 550 g/mol. The number of benzene rings is 2. The summed E-state index contributed by atoms with van der Waals surface area (Å²) in [6, 6.07) is 12.9. The van der Waals surface area contributed by atoms with Gasteiger partial charge < -0.3 is 24.6 Å². The molecule has 1 aromatic heterocycles. The van der Waals surface area contributed by atoms with E-state index in [2.05, 4.69) is 23.7 Å². The van der Waals surface area contributed by atoms with Gasteiger partial charge in [0.2, 0.25) is 0 Å². The van der Waals surface area contributed by atoms with Crippen molar-refractivity contribution in [2.24, 2.45) is 0 Å². The molecule has 1 unspecified atom stereocenters. The Hall–Kier alpha value is -3.29. The lowest BCUT2D eigenvalue weighted by atomic mass is 9.90. The Bertz CT molecular complexity index is 1420. The van der Waals surface area contributed by atoms with Gasteiger partial charge >= 0.3 is 0 Å². The van der Waals surface area contributed by atoms with Gasteiger partial charge in [-0.2, -0.15) is 0 Å². The summed E-state index contributed by atoms with van der Waals surface area (Å²) in [4.78, 5) is 28.8. The summed E-state index contributed by atoms with van der Waals surface area (Å²) in [7, 11) is 3.22. The zero-order valence-corrected chi connectivity index (χ0v) is 23.9. The fourth-order valence-electron chi connectivity index (χ4n) is 6.29. The molecule has 8 heteroatoms. The lowest BCUT2D eigenvalue weighted by Crippen LogP contribution is -2.42. The highest BCUT2D eigenvalue weighted by atomic mass is 35.5. The maximum Gasteiger partial charge on any atom is 0.256 e. The molecule has 1 saturated carbocycles. The van der Waals surface area contributed by atoms with Crippen LogP contribution < -0.4 is 10.1 Å². The molecule has 2 N–H and O–H groups in total. The second-order valence-electron chi connectivity index (χ2n) is 10.9. The number of fused-ring (bicyclic) bond motifs is 1. The number of ether oxygens (including phenoxy) is 1. The van der Waals surface area contributed by atoms with E-state index < -0.39 is 0 Å². The van der Waals surface area contributed by atoms with Crippen molar-refractivity contribution in [3.05, 3.63) is 75.4 Å². The Kier molecular flexibility index (Phi) is 7.49. The highest BCUT2D eigenvalue weighted by Gasteiger charge is 2.46. The van der Waals surface area contributed by atoms with Crippen LogP contribution >= 0.6 is 11.6 Å². The first-order chi connectivity index (χ1) is 18.7. The van der Waals surface area contributed by atoms with E-state index in [9.17, 15) is 14.7 Å². The standard InChI is InChI=1S/C31H36ClN3O4/c1-17(2)34-26(24-15-19(30(37)33-4)6-13-27(24)39-5)16-25-29(34)28(23-12-7-20(32)14-18(23)3)35(31(25)38)21-8-10-22(36)11-9-21/h6-7,12-17,21-22,28,36H,8-11H2,1-5H3,(H,33,37). The molecule has 2 aliphatic rings. The molecule has 3 aromatic rings. The van der Waals surface area contributed by atoms with Crippen LogP contribution in [0.25, 0.3) is 11.3 Å². The largest absolute Gasteiger partial charge is 0.496 e. The molecule has 39 heavy (non-hydrogen) atoms. The summed E-state index contributed by atoms with van der Waals surface area (Å²) in [6.07, 6.45) is 2.58. The first-order valence-corrected chi connectivity index (χ1v) is 14.0. The average Bonchev–Trinajstić information content (AvgIpc) is 3.44. The summed E-state index contributed by atoms with van der Waals surface area (Å²) in [5, 5.41) is 13.5. The van der Waals surface area contributed by atoms with Crippen LogP contribution in [-0.2, 0) is 0 Å². The molecule has 1 aliphatic carbocycles. The number of hydrogen-bond donors (Lipinski definition) is 2. The van der Waals surface area contributed by atoms with Crippen LogP contribution in [0.2, 0.25) is 5.02 Å². The number of methoxy groups -OCH3 is 1. The first-order valence-electron chi connectivity index (χ1n) is 13.6. The zero-order chi connectivity index (χ0) is 28.0. The van der Waals surface area contributed by atoms with Gasteiger partial charge in [0, 0.05) is 35.3 Å². The Morgan fingerprint density at radius 3 is 2.41 bits per heavy atom. The highest BCUT2D eigenvalue weighted by Crippen LogP contribution is 2.48. The summed E-state index contributed by atoms with van der Waals surface area (Å²) < 4.78 is 7.94. The van der Waals surface area contributed by atoms with Crippen LogP contribution in [0, 0.1) is 6.92 Å². The van der Waals surface area contributed by atoms with E-state index in [-0.39, 0.29) is 36.0 Å². The number of rotatable bonds is 6. The van der Waals surface area contributed by atoms with Gasteiger partial charge in [-0.3, -0.25) is 9.59 Å². The van der Waals surface area contributed by atoms with Crippen LogP contribution in [0.4, 0.5) is 0 Å². The number of carbonyl (C=O) groups is 2. The van der Waals surface area contributed by atoms with Gasteiger partial charge in [-0.25, -0.2) is 0 Å². The van der Waals surface area contributed by atoms with Crippen molar-refractivity contribution in [3.63, 3.8) is 0 Å². The molecule has 1 fully saturated rings. The number of nitrogens with one attached hydrogen (secondary N) is 1. The van der Waals surface area contributed by atoms with Gasteiger partial charge in [-0.15, -0.1) is 0 Å². The van der Waals surface area contributed by atoms with Crippen molar-refractivity contribution in [3.8, 4) is 17.0 Å². The molecule has 2 heterocycles. The molecule has 5 rings (SSSR count). The third kappa shape index (κ3) is 4.72. The number of aromatic nitrogens is 1. The lowest BCUT2D eigenvalue weighted by molar-refractivity contribution is 0.0457. The summed E-state index contributed by atoms with van der Waals surface area (Å²) in [5.41, 5.74) is 5.77. The molecule has 7 nitrogen and oxygen atoms in total. The third-order valence-electron chi connectivity index (χ3n) is 8.15. The number of aryl methyl sites for hydroxylation is 1. The lowest BCUT2D eigenvalue weighted by Gasteiger charge is -2.38. The van der Waals surface area contributed by atoms with Crippen molar-refractivity contribution in [1.82, 2.24) is 14.8 Å². The molecular formula is C31H36ClN3O4. The smallest absolute Gasteiger partial charge is 0.256 e. The van der Waals surface area contributed by atoms with Crippen molar-refractivity contribution < 1.29 is 19.4 Å². The van der Waals surface area contributed by atoms with Crippen LogP contribution in [0.1, 0.15) is 89.2 Å². The number of carbonyl (C=O) groups excluding carboxylic acids is 2. The van der Waals surface area contributed by atoms with E-state index >= 15 is 0 Å². The SMILES string of the molecule is CNC(=O)c1ccc(OC)c(-c2cc3c(n2C(C)C)C(c2ccc(Cl)cc2C)N(C2CCC(O)CC2)C3=O)c1. The Morgan fingerprint density at radius 2 is 1.79 bits per heavy atom. The van der Waals surface area contributed by atoms with Gasteiger partial charge in [0.15, 0.2) is 0 Å². The predicted octanol–water partition coefficient (Wildman–Crippen LogP) is 5.91. The second kappa shape index (κ2) is 10.7. The first kappa shape index (κ1) is 27.3. The van der Waals surface area contributed by atoms with Gasteiger partial charge in [0.1, 0.15) is 5.75 Å². The number of aliphatic hydroxyl groups excluding tert-OH is 1. The summed E-state index contributed by atoms with van der Waals surface area (Å²) in [5.74, 6) is 0.434. The van der Waals surface area contributed by atoms with E-state index in [1.54, 1.807) is 26.3 Å². The van der Waals surface area contributed by atoms with Crippen LogP contribution in [0.5, 0.6) is 5.75 Å². The van der Waals surface area contributed by atoms with Gasteiger partial charge in [-0.05, 0) is 94.0 Å². The number of aliphatic hydroxyl groups is 1. The maximum absolute atomic E-state index is 14.3. The highest BCUT2D eigenvalue weighted by molar-refractivity contribution is 6.30. The minimum Gasteiger partial charge on any atom is -0.496 e. The molecule has 2 amide bonds.